The molecule has 0 fully saturated rings. The second-order valence-electron chi connectivity index (χ2n) is 6.63. The Morgan fingerprint density at radius 2 is 1.68 bits per heavy atom. The highest BCUT2D eigenvalue weighted by Crippen LogP contribution is 2.20. The molecule has 1 aliphatic rings. The molecular formula is C19H21N5S. The van der Waals surface area contributed by atoms with Crippen LogP contribution in [0.1, 0.15) is 22.3 Å². The minimum atomic E-state index is 0.635. The highest BCUT2D eigenvalue weighted by molar-refractivity contribution is 7.71. The zero-order chi connectivity index (χ0) is 17.4. The number of hydrogen-bond acceptors (Lipinski definition) is 4. The van der Waals surface area contributed by atoms with E-state index in [-0.39, 0.29) is 0 Å². The molecule has 1 aromatic heterocycles. The number of para-hydroxylation sites is 1. The van der Waals surface area contributed by atoms with E-state index in [1.165, 1.54) is 11.1 Å². The number of benzene rings is 2. The van der Waals surface area contributed by atoms with Crippen LogP contribution in [0.4, 0.5) is 0 Å². The quantitative estimate of drug-likeness (QED) is 0.678. The molecule has 6 heteroatoms. The summed E-state index contributed by atoms with van der Waals surface area (Å²) in [5.41, 5.74) is 6.16. The average molecular weight is 351 g/mol. The van der Waals surface area contributed by atoms with Gasteiger partial charge in [-0.05, 0) is 65.2 Å². The molecule has 1 aliphatic heterocycles. The van der Waals surface area contributed by atoms with Gasteiger partial charge in [-0.25, -0.2) is 4.68 Å². The SMILES string of the molecule is Cc1cccc(C)c1-n1nnn(CN2CCc3ccccc3C2)c1=S. The van der Waals surface area contributed by atoms with E-state index in [1.54, 1.807) is 4.68 Å². The van der Waals surface area contributed by atoms with E-state index in [1.807, 2.05) is 10.7 Å². The highest BCUT2D eigenvalue weighted by Gasteiger charge is 2.18. The van der Waals surface area contributed by atoms with Crippen molar-refractivity contribution < 1.29 is 0 Å². The minimum Gasteiger partial charge on any atom is -0.280 e. The van der Waals surface area contributed by atoms with Crippen molar-refractivity contribution in [1.29, 1.82) is 0 Å². The number of tetrazole rings is 1. The van der Waals surface area contributed by atoms with Crippen molar-refractivity contribution in [2.24, 2.45) is 0 Å². The molecule has 0 saturated heterocycles. The fourth-order valence-electron chi connectivity index (χ4n) is 3.51. The third kappa shape index (κ3) is 3.03. The Bertz CT molecular complexity index is 952. The summed E-state index contributed by atoms with van der Waals surface area (Å²) < 4.78 is 4.23. The molecule has 3 aromatic rings. The standard InChI is InChI=1S/C19H21N5S/c1-14-6-5-7-15(2)18(14)24-19(25)23(20-21-24)13-22-11-10-16-8-3-4-9-17(16)12-22/h3-9H,10-13H2,1-2H3. The smallest absolute Gasteiger partial charge is 0.221 e. The molecule has 0 atom stereocenters. The Morgan fingerprint density at radius 3 is 2.44 bits per heavy atom. The Labute approximate surface area is 152 Å². The van der Waals surface area contributed by atoms with E-state index in [9.17, 15) is 0 Å². The molecule has 5 nitrogen and oxygen atoms in total. The maximum absolute atomic E-state index is 5.65. The van der Waals surface area contributed by atoms with Crippen molar-refractivity contribution in [3.8, 4) is 5.69 Å². The van der Waals surface area contributed by atoms with Crippen molar-refractivity contribution in [3.05, 3.63) is 69.5 Å². The van der Waals surface area contributed by atoms with Crippen LogP contribution in [0.15, 0.2) is 42.5 Å². The third-order valence-corrected chi connectivity index (χ3v) is 5.22. The highest BCUT2D eigenvalue weighted by atomic mass is 32.1. The number of fused-ring (bicyclic) bond motifs is 1. The second-order valence-corrected chi connectivity index (χ2v) is 6.99. The lowest BCUT2D eigenvalue weighted by molar-refractivity contribution is 0.186. The van der Waals surface area contributed by atoms with E-state index < -0.39 is 0 Å². The van der Waals surface area contributed by atoms with Crippen LogP contribution in [0.5, 0.6) is 0 Å². The van der Waals surface area contributed by atoms with Gasteiger partial charge in [-0.3, -0.25) is 4.90 Å². The van der Waals surface area contributed by atoms with Crippen LogP contribution in [0.3, 0.4) is 0 Å². The van der Waals surface area contributed by atoms with Gasteiger partial charge in [0.2, 0.25) is 4.77 Å². The van der Waals surface area contributed by atoms with Crippen LogP contribution < -0.4 is 0 Å². The van der Waals surface area contributed by atoms with Gasteiger partial charge in [0.15, 0.2) is 0 Å². The zero-order valence-electron chi connectivity index (χ0n) is 14.5. The van der Waals surface area contributed by atoms with Crippen molar-refractivity contribution in [2.75, 3.05) is 6.54 Å². The monoisotopic (exact) mass is 351 g/mol. The van der Waals surface area contributed by atoms with Crippen molar-refractivity contribution in [3.63, 3.8) is 0 Å². The summed E-state index contributed by atoms with van der Waals surface area (Å²) in [6.07, 6.45) is 1.06. The minimum absolute atomic E-state index is 0.635. The Kier molecular flexibility index (Phi) is 4.23. The first kappa shape index (κ1) is 16.2. The first-order valence-corrected chi connectivity index (χ1v) is 8.93. The summed E-state index contributed by atoms with van der Waals surface area (Å²) in [6.45, 7) is 6.75. The first-order chi connectivity index (χ1) is 12.1. The maximum Gasteiger partial charge on any atom is 0.221 e. The van der Waals surface area contributed by atoms with E-state index in [0.717, 1.165) is 36.3 Å². The average Bonchev–Trinajstić information content (AvgIpc) is 2.96. The zero-order valence-corrected chi connectivity index (χ0v) is 15.3. The first-order valence-electron chi connectivity index (χ1n) is 8.52. The van der Waals surface area contributed by atoms with Crippen LogP contribution in [-0.4, -0.2) is 31.2 Å². The Hall–Kier alpha value is -2.31. The van der Waals surface area contributed by atoms with Crippen LogP contribution in [0, 0.1) is 18.6 Å². The Morgan fingerprint density at radius 1 is 0.960 bits per heavy atom. The molecule has 0 spiro atoms. The fraction of sp³-hybridized carbons (Fsp3) is 0.316. The molecule has 0 radical (unpaired) electrons. The van der Waals surface area contributed by atoms with Gasteiger partial charge in [0.25, 0.3) is 0 Å². The van der Waals surface area contributed by atoms with Crippen LogP contribution in [0.2, 0.25) is 0 Å². The lowest BCUT2D eigenvalue weighted by Crippen LogP contribution is -2.32. The lowest BCUT2D eigenvalue weighted by atomic mass is 10.0. The number of nitrogens with zero attached hydrogens (tertiary/aromatic N) is 5. The molecule has 128 valence electrons. The molecule has 0 saturated carbocycles. The lowest BCUT2D eigenvalue weighted by Gasteiger charge is -2.28. The number of hydrogen-bond donors (Lipinski definition) is 0. The molecule has 0 aliphatic carbocycles. The summed E-state index contributed by atoms with van der Waals surface area (Å²) in [5.74, 6) is 0. The second kappa shape index (κ2) is 6.54. The predicted molar refractivity (Wildman–Crippen MR) is 100 cm³/mol. The maximum atomic E-state index is 5.65. The summed E-state index contributed by atoms with van der Waals surface area (Å²) >= 11 is 5.65. The van der Waals surface area contributed by atoms with E-state index in [4.69, 9.17) is 12.2 Å². The molecule has 0 amide bonds. The van der Waals surface area contributed by atoms with Gasteiger partial charge in [0.1, 0.15) is 0 Å². The molecule has 2 heterocycles. The molecule has 4 rings (SSSR count). The van der Waals surface area contributed by atoms with E-state index >= 15 is 0 Å². The molecule has 2 aromatic carbocycles. The molecular weight excluding hydrogens is 330 g/mol. The van der Waals surface area contributed by atoms with Crippen molar-refractivity contribution >= 4 is 12.2 Å². The largest absolute Gasteiger partial charge is 0.280 e. The van der Waals surface area contributed by atoms with Crippen molar-refractivity contribution in [1.82, 2.24) is 24.7 Å². The third-order valence-electron chi connectivity index (χ3n) is 4.83. The van der Waals surface area contributed by atoms with Gasteiger partial charge in [-0.15, -0.1) is 0 Å². The normalized spacial score (nSPS) is 14.5. The van der Waals surface area contributed by atoms with Crippen LogP contribution in [0.25, 0.3) is 5.69 Å². The van der Waals surface area contributed by atoms with Crippen LogP contribution in [-0.2, 0) is 19.6 Å². The molecule has 25 heavy (non-hydrogen) atoms. The van der Waals surface area contributed by atoms with Gasteiger partial charge < -0.3 is 0 Å². The topological polar surface area (TPSA) is 38.9 Å². The van der Waals surface area contributed by atoms with Crippen LogP contribution >= 0.6 is 12.2 Å². The summed E-state index contributed by atoms with van der Waals surface area (Å²) in [6, 6.07) is 14.8. The van der Waals surface area contributed by atoms with Gasteiger partial charge in [-0.2, -0.15) is 4.68 Å². The van der Waals surface area contributed by atoms with E-state index in [2.05, 4.69) is 65.6 Å². The molecule has 0 unspecified atom stereocenters. The van der Waals surface area contributed by atoms with Gasteiger partial charge in [0.05, 0.1) is 12.4 Å². The molecule has 0 N–H and O–H groups in total. The fourth-order valence-corrected chi connectivity index (χ4v) is 3.73. The summed E-state index contributed by atoms with van der Waals surface area (Å²) in [4.78, 5) is 2.36. The summed E-state index contributed by atoms with van der Waals surface area (Å²) in [5, 5.41) is 8.62. The van der Waals surface area contributed by atoms with Gasteiger partial charge in [0, 0.05) is 13.1 Å². The number of aromatic nitrogens is 4. The van der Waals surface area contributed by atoms with Gasteiger partial charge >= 0.3 is 0 Å². The van der Waals surface area contributed by atoms with Gasteiger partial charge in [-0.1, -0.05) is 42.5 Å². The van der Waals surface area contributed by atoms with E-state index in [0.29, 0.717) is 11.4 Å². The number of rotatable bonds is 3. The molecule has 0 bridgehead atoms. The van der Waals surface area contributed by atoms with Crippen molar-refractivity contribution in [2.45, 2.75) is 33.5 Å². The predicted octanol–water partition coefficient (Wildman–Crippen LogP) is 3.43. The number of aryl methyl sites for hydroxylation is 2. The summed E-state index contributed by atoms with van der Waals surface area (Å²) in [7, 11) is 0. The Balaban J connectivity index is 1.60.